The molecule has 0 aliphatic heterocycles. The highest BCUT2D eigenvalue weighted by Crippen LogP contribution is 2.14. The molecule has 2 aromatic rings. The smallest absolute Gasteiger partial charge is 0.408 e. The quantitative estimate of drug-likeness (QED) is 0.832. The number of carboxylic acids is 1. The first kappa shape index (κ1) is 15.5. The minimum atomic E-state index is -1.06. The maximum atomic E-state index is 11.8. The lowest BCUT2D eigenvalue weighted by atomic mass is 10.1. The van der Waals surface area contributed by atoms with Gasteiger partial charge in [-0.2, -0.15) is 0 Å². The molecule has 0 aliphatic rings. The van der Waals surface area contributed by atoms with Crippen molar-refractivity contribution in [3.8, 4) is 0 Å². The molecule has 116 valence electrons. The van der Waals surface area contributed by atoms with E-state index in [0.717, 1.165) is 5.56 Å². The molecule has 0 radical (unpaired) electrons. The number of nitrogens with one attached hydrogen (secondary N) is 1. The first-order valence-corrected chi connectivity index (χ1v) is 6.60. The third kappa shape index (κ3) is 4.58. The van der Waals surface area contributed by atoms with Gasteiger partial charge in [0.1, 0.15) is 12.3 Å². The summed E-state index contributed by atoms with van der Waals surface area (Å²) in [6.07, 6.45) is 0.533. The predicted molar refractivity (Wildman–Crippen MR) is 75.8 cm³/mol. The van der Waals surface area contributed by atoms with Crippen LogP contribution in [0.2, 0.25) is 0 Å². The summed E-state index contributed by atoms with van der Waals surface area (Å²) >= 11 is 0. The fourth-order valence-electron chi connectivity index (χ4n) is 1.84. The van der Waals surface area contributed by atoms with E-state index in [4.69, 9.17) is 9.84 Å². The van der Waals surface area contributed by atoms with E-state index in [9.17, 15) is 9.59 Å². The van der Waals surface area contributed by atoms with Gasteiger partial charge in [0.2, 0.25) is 0 Å². The van der Waals surface area contributed by atoms with E-state index in [0.29, 0.717) is 5.69 Å². The van der Waals surface area contributed by atoms with Gasteiger partial charge < -0.3 is 15.2 Å². The zero-order valence-corrected chi connectivity index (χ0v) is 12.0. The van der Waals surface area contributed by atoms with E-state index in [1.807, 2.05) is 30.3 Å². The van der Waals surface area contributed by atoms with Crippen LogP contribution in [0.15, 0.2) is 36.5 Å². The van der Waals surface area contributed by atoms with Crippen molar-refractivity contribution in [1.29, 1.82) is 0 Å². The minimum absolute atomic E-state index is 0.104. The molecule has 1 unspecified atom stereocenters. The summed E-state index contributed by atoms with van der Waals surface area (Å²) in [5, 5.41) is 19.0. The molecule has 2 rings (SSSR count). The zero-order valence-electron chi connectivity index (χ0n) is 12.0. The molecule has 2 N–H and O–H groups in total. The van der Waals surface area contributed by atoms with Gasteiger partial charge in [0, 0.05) is 7.05 Å². The molecule has 1 atom stereocenters. The molecular weight excluding hydrogens is 288 g/mol. The minimum Gasteiger partial charge on any atom is -0.481 e. The Morgan fingerprint density at radius 2 is 2.09 bits per heavy atom. The summed E-state index contributed by atoms with van der Waals surface area (Å²) < 4.78 is 6.50. The Balaban J connectivity index is 1.94. The normalized spacial score (nSPS) is 11.7. The number of amides is 1. The summed E-state index contributed by atoms with van der Waals surface area (Å²) in [5.41, 5.74) is 1.20. The first-order valence-electron chi connectivity index (χ1n) is 6.60. The number of carbonyl (C=O) groups excluding carboxylic acids is 1. The topological polar surface area (TPSA) is 106 Å². The van der Waals surface area contributed by atoms with Gasteiger partial charge in [-0.1, -0.05) is 35.5 Å². The summed E-state index contributed by atoms with van der Waals surface area (Å²) in [6, 6.07) is 8.39. The van der Waals surface area contributed by atoms with Gasteiger partial charge in [-0.05, 0) is 5.56 Å². The van der Waals surface area contributed by atoms with E-state index in [1.54, 1.807) is 13.2 Å². The number of benzene rings is 1. The van der Waals surface area contributed by atoms with E-state index in [1.165, 1.54) is 4.68 Å². The molecule has 0 saturated carbocycles. The highest BCUT2D eigenvalue weighted by Gasteiger charge is 2.21. The monoisotopic (exact) mass is 304 g/mol. The lowest BCUT2D eigenvalue weighted by Gasteiger charge is -2.14. The highest BCUT2D eigenvalue weighted by atomic mass is 16.5. The van der Waals surface area contributed by atoms with Crippen LogP contribution in [0.25, 0.3) is 0 Å². The number of aliphatic carboxylic acids is 1. The maximum Gasteiger partial charge on any atom is 0.408 e. The first-order chi connectivity index (χ1) is 10.5. The van der Waals surface area contributed by atoms with E-state index in [2.05, 4.69) is 15.6 Å². The molecule has 0 aliphatic carbocycles. The number of carbonyl (C=O) groups is 2. The molecule has 22 heavy (non-hydrogen) atoms. The van der Waals surface area contributed by atoms with Crippen molar-refractivity contribution in [3.05, 3.63) is 47.8 Å². The number of hydrogen-bond donors (Lipinski definition) is 2. The Bertz CT molecular complexity index is 641. The number of aromatic nitrogens is 3. The summed E-state index contributed by atoms with van der Waals surface area (Å²) in [6.45, 7) is 0.104. The van der Waals surface area contributed by atoms with Crippen LogP contribution in [0.3, 0.4) is 0 Å². The van der Waals surface area contributed by atoms with Crippen molar-refractivity contribution in [1.82, 2.24) is 20.3 Å². The third-order valence-corrected chi connectivity index (χ3v) is 2.86. The molecule has 0 spiro atoms. The van der Waals surface area contributed by atoms with Gasteiger partial charge in [-0.15, -0.1) is 5.10 Å². The summed E-state index contributed by atoms with van der Waals surface area (Å²) in [4.78, 5) is 22.7. The zero-order chi connectivity index (χ0) is 15.9. The third-order valence-electron chi connectivity index (χ3n) is 2.86. The van der Waals surface area contributed by atoms with E-state index >= 15 is 0 Å². The SMILES string of the molecule is Cn1cc(C(CC(=O)O)NC(=O)OCc2ccccc2)nn1. The van der Waals surface area contributed by atoms with E-state index < -0.39 is 18.1 Å². The molecule has 1 amide bonds. The van der Waals surface area contributed by atoms with Gasteiger partial charge >= 0.3 is 12.1 Å². The Kier molecular flexibility index (Phi) is 5.07. The maximum absolute atomic E-state index is 11.8. The van der Waals surface area contributed by atoms with Crippen LogP contribution in [0.5, 0.6) is 0 Å². The van der Waals surface area contributed by atoms with E-state index in [-0.39, 0.29) is 13.0 Å². The second-order valence-electron chi connectivity index (χ2n) is 4.67. The molecule has 0 bridgehead atoms. The van der Waals surface area contributed by atoms with Crippen LogP contribution < -0.4 is 5.32 Å². The van der Waals surface area contributed by atoms with Crippen LogP contribution in [0.1, 0.15) is 23.7 Å². The van der Waals surface area contributed by atoms with Gasteiger partial charge in [0.15, 0.2) is 0 Å². The van der Waals surface area contributed by atoms with Gasteiger partial charge in [0.25, 0.3) is 0 Å². The molecule has 8 heteroatoms. The van der Waals surface area contributed by atoms with Crippen LogP contribution in [-0.4, -0.2) is 32.2 Å². The Hall–Kier alpha value is -2.90. The average molecular weight is 304 g/mol. The second kappa shape index (κ2) is 7.21. The molecular formula is C14H16N4O4. The van der Waals surface area contributed by atoms with Gasteiger partial charge in [-0.3, -0.25) is 9.48 Å². The van der Waals surface area contributed by atoms with Crippen molar-refractivity contribution in [3.63, 3.8) is 0 Å². The van der Waals surface area contributed by atoms with Crippen LogP contribution >= 0.6 is 0 Å². The molecule has 8 nitrogen and oxygen atoms in total. The summed E-state index contributed by atoms with van der Waals surface area (Å²) in [5.74, 6) is -1.06. The average Bonchev–Trinajstić information content (AvgIpc) is 2.92. The fourth-order valence-corrected chi connectivity index (χ4v) is 1.84. The number of hydrogen-bond acceptors (Lipinski definition) is 5. The van der Waals surface area contributed by atoms with Crippen LogP contribution in [0, 0.1) is 0 Å². The number of carboxylic acid groups (broad SMARTS) is 1. The van der Waals surface area contributed by atoms with Crippen LogP contribution in [-0.2, 0) is 23.2 Å². The van der Waals surface area contributed by atoms with Crippen molar-refractivity contribution in [2.24, 2.45) is 7.05 Å². The van der Waals surface area contributed by atoms with Crippen molar-refractivity contribution in [2.75, 3.05) is 0 Å². The number of ether oxygens (including phenoxy) is 1. The lowest BCUT2D eigenvalue weighted by Crippen LogP contribution is -2.31. The predicted octanol–water partition coefficient (Wildman–Crippen LogP) is 1.26. The number of aryl methyl sites for hydroxylation is 1. The number of alkyl carbamates (subject to hydrolysis) is 1. The highest BCUT2D eigenvalue weighted by molar-refractivity contribution is 5.71. The Labute approximate surface area is 126 Å². The molecule has 1 aromatic heterocycles. The largest absolute Gasteiger partial charge is 0.481 e. The molecule has 1 aromatic carbocycles. The molecule has 1 heterocycles. The van der Waals surface area contributed by atoms with Crippen molar-refractivity contribution >= 4 is 12.1 Å². The summed E-state index contributed by atoms with van der Waals surface area (Å²) in [7, 11) is 1.65. The second-order valence-corrected chi connectivity index (χ2v) is 4.67. The number of rotatable bonds is 6. The Morgan fingerprint density at radius 1 is 1.36 bits per heavy atom. The number of nitrogens with zero attached hydrogens (tertiary/aromatic N) is 3. The molecule has 0 fully saturated rings. The van der Waals surface area contributed by atoms with Gasteiger partial charge in [-0.25, -0.2) is 4.79 Å². The van der Waals surface area contributed by atoms with Crippen molar-refractivity contribution in [2.45, 2.75) is 19.1 Å². The Morgan fingerprint density at radius 3 is 2.68 bits per heavy atom. The van der Waals surface area contributed by atoms with Crippen molar-refractivity contribution < 1.29 is 19.4 Å². The van der Waals surface area contributed by atoms with Gasteiger partial charge in [0.05, 0.1) is 18.7 Å². The van der Waals surface area contributed by atoms with Crippen LogP contribution in [0.4, 0.5) is 4.79 Å². The molecule has 0 saturated heterocycles. The fraction of sp³-hybridized carbons (Fsp3) is 0.286. The standard InChI is InChI=1S/C14H16N4O4/c1-18-8-12(16-17-18)11(7-13(19)20)15-14(21)22-9-10-5-3-2-4-6-10/h2-6,8,11H,7,9H2,1H3,(H,15,21)(H,19,20). The lowest BCUT2D eigenvalue weighted by molar-refractivity contribution is -0.137.